The minimum Gasteiger partial charge on any atom is -0.381 e. The molecular weight excluding hydrogens is 325 g/mol. The third-order valence-corrected chi connectivity index (χ3v) is 3.44. The Hall–Kier alpha value is -2.09. The Kier molecular flexibility index (Phi) is 7.21. The molecular formula is C16H21F3N2O3. The number of carbonyl (C=O) groups is 2. The molecule has 8 heteroatoms. The molecule has 0 spiro atoms. The lowest BCUT2D eigenvalue weighted by atomic mass is 10.1. The summed E-state index contributed by atoms with van der Waals surface area (Å²) in [6, 6.07) is 4.70. The molecule has 1 N–H and O–H groups in total. The Morgan fingerprint density at radius 3 is 2.46 bits per heavy atom. The van der Waals surface area contributed by atoms with Crippen molar-refractivity contribution in [2.45, 2.75) is 32.5 Å². The van der Waals surface area contributed by atoms with Gasteiger partial charge in [0, 0.05) is 13.7 Å². The van der Waals surface area contributed by atoms with Gasteiger partial charge in [-0.3, -0.25) is 9.59 Å². The highest BCUT2D eigenvalue weighted by Crippen LogP contribution is 2.34. The first kappa shape index (κ1) is 20.0. The number of nitrogens with zero attached hydrogens (tertiary/aromatic N) is 1. The first-order valence-electron chi connectivity index (χ1n) is 7.45. The highest BCUT2D eigenvalue weighted by Gasteiger charge is 2.33. The van der Waals surface area contributed by atoms with Crippen molar-refractivity contribution in [3.63, 3.8) is 0 Å². The molecule has 1 aromatic carbocycles. The van der Waals surface area contributed by atoms with Crippen LogP contribution >= 0.6 is 0 Å². The van der Waals surface area contributed by atoms with Gasteiger partial charge in [-0.15, -0.1) is 0 Å². The van der Waals surface area contributed by atoms with Crippen molar-refractivity contribution >= 4 is 17.5 Å². The molecule has 0 radical (unpaired) electrons. The number of alkyl halides is 3. The van der Waals surface area contributed by atoms with Gasteiger partial charge >= 0.3 is 6.18 Å². The van der Waals surface area contributed by atoms with E-state index in [-0.39, 0.29) is 37.2 Å². The summed E-state index contributed by atoms with van der Waals surface area (Å²) in [5, 5.41) is 2.22. The van der Waals surface area contributed by atoms with Gasteiger partial charge in [-0.2, -0.15) is 13.2 Å². The maximum atomic E-state index is 12.9. The van der Waals surface area contributed by atoms with Gasteiger partial charge in [0.15, 0.2) is 0 Å². The molecule has 0 saturated carbocycles. The van der Waals surface area contributed by atoms with Crippen molar-refractivity contribution in [2.24, 2.45) is 0 Å². The van der Waals surface area contributed by atoms with Crippen LogP contribution in [-0.4, -0.2) is 43.0 Å². The predicted octanol–water partition coefficient (Wildman–Crippen LogP) is 2.92. The van der Waals surface area contributed by atoms with Crippen LogP contribution in [0.5, 0.6) is 0 Å². The quantitative estimate of drug-likeness (QED) is 0.826. The number of carbonyl (C=O) groups excluding carboxylic acids is 2. The molecule has 2 amide bonds. The van der Waals surface area contributed by atoms with Gasteiger partial charge < -0.3 is 15.0 Å². The van der Waals surface area contributed by atoms with Crippen molar-refractivity contribution in [3.8, 4) is 0 Å². The third-order valence-electron chi connectivity index (χ3n) is 3.44. The second-order valence-corrected chi connectivity index (χ2v) is 5.25. The van der Waals surface area contributed by atoms with Gasteiger partial charge in [0.2, 0.25) is 11.8 Å². The highest BCUT2D eigenvalue weighted by molar-refractivity contribution is 5.95. The molecule has 0 bridgehead atoms. The summed E-state index contributed by atoms with van der Waals surface area (Å²) >= 11 is 0. The summed E-state index contributed by atoms with van der Waals surface area (Å²) in [7, 11) is 1.47. The van der Waals surface area contributed by atoms with Crippen LogP contribution in [0.1, 0.15) is 25.8 Å². The first-order valence-corrected chi connectivity index (χ1v) is 7.45. The third kappa shape index (κ3) is 5.84. The largest absolute Gasteiger partial charge is 0.418 e. The minimum atomic E-state index is -4.57. The van der Waals surface area contributed by atoms with Crippen LogP contribution in [0.25, 0.3) is 0 Å². The molecule has 0 heterocycles. The van der Waals surface area contributed by atoms with E-state index in [1.54, 1.807) is 13.8 Å². The molecule has 0 aliphatic carbocycles. The van der Waals surface area contributed by atoms with E-state index < -0.39 is 17.6 Å². The van der Waals surface area contributed by atoms with Crippen LogP contribution in [0.3, 0.4) is 0 Å². The zero-order valence-electron chi connectivity index (χ0n) is 13.8. The molecule has 1 aromatic rings. The number of anilines is 1. The van der Waals surface area contributed by atoms with Gasteiger partial charge in [-0.25, -0.2) is 0 Å². The lowest BCUT2D eigenvalue weighted by molar-refractivity contribution is -0.138. The Labute approximate surface area is 138 Å². The number of para-hydroxylation sites is 1. The molecule has 0 aliphatic heterocycles. The monoisotopic (exact) mass is 346 g/mol. The zero-order chi connectivity index (χ0) is 18.3. The number of ether oxygens (including phenoxy) is 1. The molecule has 134 valence electrons. The Balaban J connectivity index is 2.77. The number of benzene rings is 1. The van der Waals surface area contributed by atoms with Gasteiger partial charge in [0.05, 0.1) is 30.3 Å². The molecule has 5 nitrogen and oxygen atoms in total. The highest BCUT2D eigenvalue weighted by atomic mass is 19.4. The Morgan fingerprint density at radius 2 is 1.92 bits per heavy atom. The van der Waals surface area contributed by atoms with E-state index >= 15 is 0 Å². The van der Waals surface area contributed by atoms with Crippen molar-refractivity contribution in [1.82, 2.24) is 4.90 Å². The van der Waals surface area contributed by atoms with Crippen molar-refractivity contribution < 1.29 is 27.5 Å². The fourth-order valence-corrected chi connectivity index (χ4v) is 2.04. The van der Waals surface area contributed by atoms with Crippen LogP contribution in [0.4, 0.5) is 18.9 Å². The predicted molar refractivity (Wildman–Crippen MR) is 83.4 cm³/mol. The SMILES string of the molecule is CCN(CC(=O)Nc1ccccc1C(F)(F)F)C(=O)C[C@@H](C)OC. The summed E-state index contributed by atoms with van der Waals surface area (Å²) in [6.45, 7) is 3.35. The fourth-order valence-electron chi connectivity index (χ4n) is 2.04. The van der Waals surface area contributed by atoms with Crippen LogP contribution in [-0.2, 0) is 20.5 Å². The van der Waals surface area contributed by atoms with E-state index in [9.17, 15) is 22.8 Å². The number of likely N-dealkylation sites (N-methyl/N-ethyl adjacent to an activating group) is 1. The van der Waals surface area contributed by atoms with Crippen LogP contribution in [0, 0.1) is 0 Å². The average Bonchev–Trinajstić information content (AvgIpc) is 2.51. The minimum absolute atomic E-state index is 0.0940. The molecule has 0 fully saturated rings. The topological polar surface area (TPSA) is 58.6 Å². The number of hydrogen-bond donors (Lipinski definition) is 1. The summed E-state index contributed by atoms with van der Waals surface area (Å²) in [5.74, 6) is -0.988. The van der Waals surface area contributed by atoms with E-state index in [0.717, 1.165) is 6.07 Å². The van der Waals surface area contributed by atoms with Gasteiger partial charge in [0.25, 0.3) is 0 Å². The maximum Gasteiger partial charge on any atom is 0.418 e. The molecule has 0 unspecified atom stereocenters. The zero-order valence-corrected chi connectivity index (χ0v) is 13.8. The second-order valence-electron chi connectivity index (χ2n) is 5.25. The van der Waals surface area contributed by atoms with Gasteiger partial charge in [-0.05, 0) is 26.0 Å². The number of hydrogen-bond acceptors (Lipinski definition) is 3. The summed E-state index contributed by atoms with van der Waals surface area (Å²) in [6.07, 6.45) is -4.78. The van der Waals surface area contributed by atoms with Crippen molar-refractivity contribution in [3.05, 3.63) is 29.8 Å². The number of halogens is 3. The van der Waals surface area contributed by atoms with E-state index in [0.29, 0.717) is 0 Å². The van der Waals surface area contributed by atoms with Crippen molar-refractivity contribution in [2.75, 3.05) is 25.5 Å². The van der Waals surface area contributed by atoms with E-state index in [2.05, 4.69) is 5.32 Å². The Bertz CT molecular complexity index is 576. The molecule has 1 atom stereocenters. The lowest BCUT2D eigenvalue weighted by Gasteiger charge is -2.22. The standard InChI is InChI=1S/C16H21F3N2O3/c1-4-21(15(23)9-11(2)24-3)10-14(22)20-13-8-6-5-7-12(13)16(17,18)19/h5-8,11H,4,9-10H2,1-3H3,(H,20,22)/t11-/m1/s1. The molecule has 0 saturated heterocycles. The molecule has 24 heavy (non-hydrogen) atoms. The number of rotatable bonds is 7. The van der Waals surface area contributed by atoms with E-state index in [1.807, 2.05) is 0 Å². The van der Waals surface area contributed by atoms with Crippen LogP contribution < -0.4 is 5.32 Å². The van der Waals surface area contributed by atoms with Crippen molar-refractivity contribution in [1.29, 1.82) is 0 Å². The summed E-state index contributed by atoms with van der Waals surface area (Å²) in [4.78, 5) is 25.3. The lowest BCUT2D eigenvalue weighted by Crippen LogP contribution is -2.39. The van der Waals surface area contributed by atoms with E-state index in [1.165, 1.54) is 30.2 Å². The second kappa shape index (κ2) is 8.68. The number of amides is 2. The van der Waals surface area contributed by atoms with Gasteiger partial charge in [0.1, 0.15) is 0 Å². The van der Waals surface area contributed by atoms with E-state index in [4.69, 9.17) is 4.74 Å². The molecule has 1 rings (SSSR count). The average molecular weight is 346 g/mol. The Morgan fingerprint density at radius 1 is 1.29 bits per heavy atom. The normalized spacial score (nSPS) is 12.6. The summed E-state index contributed by atoms with van der Waals surface area (Å²) in [5.41, 5.74) is -1.26. The van der Waals surface area contributed by atoms with Crippen LogP contribution in [0.15, 0.2) is 24.3 Å². The first-order chi connectivity index (χ1) is 11.2. The smallest absolute Gasteiger partial charge is 0.381 e. The number of methoxy groups -OCH3 is 1. The fraction of sp³-hybridized carbons (Fsp3) is 0.500. The van der Waals surface area contributed by atoms with Crippen LogP contribution in [0.2, 0.25) is 0 Å². The maximum absolute atomic E-state index is 12.9. The number of nitrogens with one attached hydrogen (secondary N) is 1. The molecule has 0 aliphatic rings. The summed E-state index contributed by atoms with van der Waals surface area (Å²) < 4.78 is 43.7. The van der Waals surface area contributed by atoms with Gasteiger partial charge in [-0.1, -0.05) is 12.1 Å². The molecule has 0 aromatic heterocycles.